The van der Waals surface area contributed by atoms with Gasteiger partial charge in [-0.25, -0.2) is 9.59 Å². The van der Waals surface area contributed by atoms with Gasteiger partial charge >= 0.3 is 18.0 Å². The topological polar surface area (TPSA) is 169 Å². The van der Waals surface area contributed by atoms with Gasteiger partial charge in [0.15, 0.2) is 0 Å². The van der Waals surface area contributed by atoms with Crippen LogP contribution in [-0.2, 0) is 33.4 Å². The lowest BCUT2D eigenvalue weighted by Crippen LogP contribution is -2.61. The number of carbonyl (C=O) groups is 5. The van der Waals surface area contributed by atoms with Crippen LogP contribution >= 0.6 is 0 Å². The number of ether oxygens (including phenoxy) is 3. The summed E-state index contributed by atoms with van der Waals surface area (Å²) in [5, 5.41) is 18.3. The summed E-state index contributed by atoms with van der Waals surface area (Å²) >= 11 is 0. The Morgan fingerprint density at radius 3 is 2.26 bits per heavy atom. The molecule has 0 aromatic heterocycles. The summed E-state index contributed by atoms with van der Waals surface area (Å²) in [6, 6.07) is -2.10. The molecule has 0 spiro atoms. The normalized spacial score (nSPS) is 27.3. The van der Waals surface area contributed by atoms with E-state index in [1.165, 1.54) is 6.92 Å². The van der Waals surface area contributed by atoms with Gasteiger partial charge in [0.25, 0.3) is 0 Å². The van der Waals surface area contributed by atoms with Crippen LogP contribution in [0.1, 0.15) is 61.3 Å². The second kappa shape index (κ2) is 12.1. The van der Waals surface area contributed by atoms with Crippen molar-refractivity contribution in [2.45, 2.75) is 90.6 Å². The number of nitrogens with one attached hydrogen (secondary N) is 3. The molecule has 7 atom stereocenters. The van der Waals surface area contributed by atoms with Crippen molar-refractivity contribution in [2.75, 3.05) is 6.61 Å². The standard InChI is InChI=1S/C26H41N3O9/c1-9-36-22(33)18-17-16(30)12-26(19(17)18,23(34)37-10-2)29-20(31)14(5)27-21(32)15(11-13(3)4)28-24(35)38-25(6,7)8/h9,13-19,30H,1,10-12H2,2-8H3,(H,27,32)(H,28,35)(H,29,31)/t14-,15-,16-,17-,18-,19-,26-/m0/s1. The van der Waals surface area contributed by atoms with Gasteiger partial charge < -0.3 is 35.3 Å². The molecule has 0 unspecified atom stereocenters. The van der Waals surface area contributed by atoms with E-state index in [1.807, 2.05) is 13.8 Å². The van der Waals surface area contributed by atoms with Crippen molar-refractivity contribution in [3.05, 3.63) is 12.8 Å². The lowest BCUT2D eigenvalue weighted by atomic mass is 9.89. The van der Waals surface area contributed by atoms with Gasteiger partial charge in [0.1, 0.15) is 23.2 Å². The van der Waals surface area contributed by atoms with E-state index in [1.54, 1.807) is 27.7 Å². The van der Waals surface area contributed by atoms with Gasteiger partial charge in [-0.1, -0.05) is 20.4 Å². The molecule has 2 fully saturated rings. The molecule has 4 N–H and O–H groups in total. The van der Waals surface area contributed by atoms with E-state index in [9.17, 15) is 29.1 Å². The summed E-state index contributed by atoms with van der Waals surface area (Å²) in [6.07, 6.45) is -0.722. The van der Waals surface area contributed by atoms with E-state index >= 15 is 0 Å². The van der Waals surface area contributed by atoms with E-state index in [4.69, 9.17) is 14.2 Å². The van der Waals surface area contributed by atoms with Crippen LogP contribution in [0.2, 0.25) is 0 Å². The number of amides is 3. The predicted molar refractivity (Wildman–Crippen MR) is 135 cm³/mol. The minimum atomic E-state index is -1.67. The van der Waals surface area contributed by atoms with Gasteiger partial charge in [0.2, 0.25) is 11.8 Å². The molecule has 214 valence electrons. The fourth-order valence-electron chi connectivity index (χ4n) is 5.04. The third-order valence-corrected chi connectivity index (χ3v) is 6.54. The highest BCUT2D eigenvalue weighted by Crippen LogP contribution is 2.63. The first-order valence-electron chi connectivity index (χ1n) is 12.9. The molecule has 12 heteroatoms. The van der Waals surface area contributed by atoms with Crippen LogP contribution in [0.25, 0.3) is 0 Å². The van der Waals surface area contributed by atoms with Gasteiger partial charge in [0, 0.05) is 18.3 Å². The first-order valence-corrected chi connectivity index (χ1v) is 12.9. The van der Waals surface area contributed by atoms with Gasteiger partial charge in [-0.15, -0.1) is 0 Å². The Morgan fingerprint density at radius 1 is 1.11 bits per heavy atom. The van der Waals surface area contributed by atoms with Crippen LogP contribution in [0.5, 0.6) is 0 Å². The molecule has 2 aliphatic carbocycles. The molecule has 0 radical (unpaired) electrons. The molecule has 3 amide bonds. The summed E-state index contributed by atoms with van der Waals surface area (Å²) in [5.74, 6) is -4.89. The Morgan fingerprint density at radius 2 is 1.74 bits per heavy atom. The van der Waals surface area contributed by atoms with Gasteiger partial charge in [-0.2, -0.15) is 0 Å². The van der Waals surface area contributed by atoms with Crippen molar-refractivity contribution in [1.29, 1.82) is 0 Å². The van der Waals surface area contributed by atoms with Crippen molar-refractivity contribution >= 4 is 29.8 Å². The van der Waals surface area contributed by atoms with Crippen LogP contribution in [0.15, 0.2) is 12.8 Å². The number of fused-ring (bicyclic) bond motifs is 1. The maximum absolute atomic E-state index is 13.2. The lowest BCUT2D eigenvalue weighted by Gasteiger charge is -2.33. The zero-order chi connectivity index (χ0) is 29.0. The molecule has 2 saturated carbocycles. The van der Waals surface area contributed by atoms with Crippen LogP contribution in [-0.4, -0.2) is 70.9 Å². The number of hydrogen-bond donors (Lipinski definition) is 4. The summed E-state index contributed by atoms with van der Waals surface area (Å²) in [6.45, 7) is 15.2. The Balaban J connectivity index is 2.17. The Bertz CT molecular complexity index is 945. The highest BCUT2D eigenvalue weighted by molar-refractivity contribution is 5.96. The first-order chi connectivity index (χ1) is 17.6. The van der Waals surface area contributed by atoms with Crippen molar-refractivity contribution < 1.29 is 43.3 Å². The Labute approximate surface area is 223 Å². The van der Waals surface area contributed by atoms with E-state index in [0.29, 0.717) is 0 Å². The summed E-state index contributed by atoms with van der Waals surface area (Å²) in [4.78, 5) is 63.9. The van der Waals surface area contributed by atoms with Gasteiger partial charge in [0.05, 0.1) is 24.9 Å². The van der Waals surface area contributed by atoms with Crippen LogP contribution in [0.4, 0.5) is 4.79 Å². The SMILES string of the molecule is C=COC(=O)[C@H]1[C@H]2[C@@H]1[C@](NC(=O)[C@H](C)NC(=O)[C@H](CC(C)C)NC(=O)OC(C)(C)C)(C(=O)OCC)C[C@@H]2O. The Hall–Kier alpha value is -3.15. The molecule has 0 aliphatic heterocycles. The second-order valence-corrected chi connectivity index (χ2v) is 11.2. The maximum atomic E-state index is 13.2. The maximum Gasteiger partial charge on any atom is 0.408 e. The third-order valence-electron chi connectivity index (χ3n) is 6.54. The van der Waals surface area contributed by atoms with Gasteiger partial charge in [-0.05, 0) is 47.0 Å². The van der Waals surface area contributed by atoms with Crippen molar-refractivity contribution in [2.24, 2.45) is 23.7 Å². The molecule has 0 bridgehead atoms. The molecule has 0 heterocycles. The average molecular weight is 540 g/mol. The molecular weight excluding hydrogens is 498 g/mol. The predicted octanol–water partition coefficient (Wildman–Crippen LogP) is 1.16. The van der Waals surface area contributed by atoms with Crippen molar-refractivity contribution in [3.8, 4) is 0 Å². The molecule has 2 aliphatic rings. The average Bonchev–Trinajstić information content (AvgIpc) is 3.46. The minimum Gasteiger partial charge on any atom is -0.464 e. The number of aliphatic hydroxyl groups is 1. The number of esters is 2. The van der Waals surface area contributed by atoms with Crippen LogP contribution < -0.4 is 16.0 Å². The second-order valence-electron chi connectivity index (χ2n) is 11.2. The fourth-order valence-corrected chi connectivity index (χ4v) is 5.04. The lowest BCUT2D eigenvalue weighted by molar-refractivity contribution is -0.156. The quantitative estimate of drug-likeness (QED) is 0.171. The smallest absolute Gasteiger partial charge is 0.408 e. The molecule has 0 aromatic rings. The largest absolute Gasteiger partial charge is 0.464 e. The zero-order valence-electron chi connectivity index (χ0n) is 23.2. The van der Waals surface area contributed by atoms with Gasteiger partial charge in [-0.3, -0.25) is 14.4 Å². The highest BCUT2D eigenvalue weighted by atomic mass is 16.6. The number of alkyl carbamates (subject to hydrolysis) is 1. The van der Waals surface area contributed by atoms with Crippen molar-refractivity contribution in [3.63, 3.8) is 0 Å². The molecule has 38 heavy (non-hydrogen) atoms. The van der Waals surface area contributed by atoms with E-state index in [2.05, 4.69) is 22.5 Å². The first kappa shape index (κ1) is 31.1. The molecule has 0 aromatic carbocycles. The highest BCUT2D eigenvalue weighted by Gasteiger charge is 2.76. The van der Waals surface area contributed by atoms with E-state index in [0.717, 1.165) is 6.26 Å². The Kier molecular flexibility index (Phi) is 9.93. The van der Waals surface area contributed by atoms with E-state index in [-0.39, 0.29) is 25.4 Å². The molecule has 0 saturated heterocycles. The summed E-state index contributed by atoms with van der Waals surface area (Å²) < 4.78 is 15.3. The number of aliphatic hydroxyl groups excluding tert-OH is 1. The number of carbonyl (C=O) groups excluding carboxylic acids is 5. The molecule has 2 rings (SSSR count). The third kappa shape index (κ3) is 7.24. The van der Waals surface area contributed by atoms with Crippen molar-refractivity contribution in [1.82, 2.24) is 16.0 Å². The summed E-state index contributed by atoms with van der Waals surface area (Å²) in [5.41, 5.74) is -2.44. The van der Waals surface area contributed by atoms with Crippen LogP contribution in [0, 0.1) is 23.7 Å². The minimum absolute atomic E-state index is 0.0191. The van der Waals surface area contributed by atoms with E-state index < -0.39 is 76.9 Å². The molecular formula is C26H41N3O9. The monoisotopic (exact) mass is 539 g/mol. The zero-order valence-corrected chi connectivity index (χ0v) is 23.2. The van der Waals surface area contributed by atoms with Crippen LogP contribution in [0.3, 0.4) is 0 Å². The number of rotatable bonds is 11. The number of hydrogen-bond acceptors (Lipinski definition) is 9. The fraction of sp³-hybridized carbons (Fsp3) is 0.731. The summed E-state index contributed by atoms with van der Waals surface area (Å²) in [7, 11) is 0. The molecule has 12 nitrogen and oxygen atoms in total.